The van der Waals surface area contributed by atoms with E-state index >= 15 is 0 Å². The van der Waals surface area contributed by atoms with E-state index in [1.54, 1.807) is 6.07 Å². The number of fused-ring (bicyclic) bond motifs is 1. The topological polar surface area (TPSA) is 23.8 Å². The highest BCUT2D eigenvalue weighted by Crippen LogP contribution is 2.32. The van der Waals surface area contributed by atoms with Crippen LogP contribution in [-0.4, -0.2) is 0 Å². The molecule has 2 aromatic rings. The summed E-state index contributed by atoms with van der Waals surface area (Å²) in [6, 6.07) is 4.86. The minimum atomic E-state index is -0.329. The van der Waals surface area contributed by atoms with Gasteiger partial charge in [-0.25, -0.2) is 4.39 Å². The number of nitriles is 1. The summed E-state index contributed by atoms with van der Waals surface area (Å²) in [6.45, 7) is 0. The number of thiophene rings is 1. The normalized spacial score (nSPS) is 10.2. The molecule has 0 aliphatic rings. The average Bonchev–Trinajstić information content (AvgIpc) is 2.48. The molecule has 64 valence electrons. The van der Waals surface area contributed by atoms with Gasteiger partial charge in [-0.05, 0) is 28.1 Å². The van der Waals surface area contributed by atoms with Gasteiger partial charge < -0.3 is 0 Å². The van der Waals surface area contributed by atoms with E-state index < -0.39 is 0 Å². The molecule has 1 nitrogen and oxygen atoms in total. The molecule has 0 radical (unpaired) electrons. The molecule has 0 spiro atoms. The Balaban J connectivity index is 2.90. The molecule has 0 fully saturated rings. The fourth-order valence-corrected chi connectivity index (χ4v) is 2.67. The standard InChI is InChI=1S/C9H3BrFNS/c10-7-4-13-9-6(7)1-5(3-12)2-8(9)11/h1-2,4H. The van der Waals surface area contributed by atoms with Gasteiger partial charge in [-0.3, -0.25) is 0 Å². The van der Waals surface area contributed by atoms with E-state index in [9.17, 15) is 4.39 Å². The van der Waals surface area contributed by atoms with Gasteiger partial charge in [-0.1, -0.05) is 0 Å². The molecule has 2 rings (SSSR count). The maximum absolute atomic E-state index is 13.3. The van der Waals surface area contributed by atoms with Crippen LogP contribution in [0, 0.1) is 17.1 Å². The molecule has 0 aliphatic heterocycles. The third-order valence-corrected chi connectivity index (χ3v) is 3.67. The van der Waals surface area contributed by atoms with E-state index in [1.165, 1.54) is 17.4 Å². The lowest BCUT2D eigenvalue weighted by atomic mass is 10.2. The van der Waals surface area contributed by atoms with Crippen LogP contribution in [0.1, 0.15) is 5.56 Å². The van der Waals surface area contributed by atoms with Gasteiger partial charge in [-0.2, -0.15) is 5.26 Å². The molecule has 0 atom stereocenters. The van der Waals surface area contributed by atoms with Crippen molar-refractivity contribution in [3.63, 3.8) is 0 Å². The summed E-state index contributed by atoms with van der Waals surface area (Å²) in [7, 11) is 0. The van der Waals surface area contributed by atoms with Crippen LogP contribution in [0.25, 0.3) is 10.1 Å². The van der Waals surface area contributed by atoms with Crippen molar-refractivity contribution >= 4 is 37.4 Å². The van der Waals surface area contributed by atoms with Gasteiger partial charge in [-0.15, -0.1) is 11.3 Å². The zero-order valence-corrected chi connectivity index (χ0v) is 8.75. The SMILES string of the molecule is N#Cc1cc(F)c2scc(Br)c2c1. The maximum Gasteiger partial charge on any atom is 0.142 e. The summed E-state index contributed by atoms with van der Waals surface area (Å²) in [5, 5.41) is 11.2. The zero-order valence-electron chi connectivity index (χ0n) is 6.34. The van der Waals surface area contributed by atoms with Gasteiger partial charge in [0.05, 0.1) is 16.3 Å². The Labute approximate surface area is 86.5 Å². The minimum absolute atomic E-state index is 0.329. The fourth-order valence-electron chi connectivity index (χ4n) is 1.13. The van der Waals surface area contributed by atoms with Crippen LogP contribution in [0.3, 0.4) is 0 Å². The molecule has 1 aromatic carbocycles. The third kappa shape index (κ3) is 1.34. The van der Waals surface area contributed by atoms with Crippen LogP contribution in [-0.2, 0) is 0 Å². The van der Waals surface area contributed by atoms with E-state index in [4.69, 9.17) is 5.26 Å². The molecule has 0 unspecified atom stereocenters. The largest absolute Gasteiger partial charge is 0.205 e. The summed E-state index contributed by atoms with van der Waals surface area (Å²) in [5.41, 5.74) is 0.351. The lowest BCUT2D eigenvalue weighted by Gasteiger charge is -1.93. The highest BCUT2D eigenvalue weighted by atomic mass is 79.9. The first-order valence-electron chi connectivity index (χ1n) is 3.48. The molecule has 0 saturated carbocycles. The summed E-state index contributed by atoms with van der Waals surface area (Å²) in [6.07, 6.45) is 0. The number of hydrogen-bond donors (Lipinski definition) is 0. The first kappa shape index (κ1) is 8.67. The predicted molar refractivity (Wildman–Crippen MR) is 54.2 cm³/mol. The number of benzene rings is 1. The van der Waals surface area contributed by atoms with Crippen molar-refractivity contribution < 1.29 is 4.39 Å². The second-order valence-corrected chi connectivity index (χ2v) is 4.26. The molecular weight excluding hydrogens is 253 g/mol. The van der Waals surface area contributed by atoms with E-state index in [0.29, 0.717) is 10.3 Å². The second kappa shape index (κ2) is 3.09. The highest BCUT2D eigenvalue weighted by Gasteiger charge is 2.08. The van der Waals surface area contributed by atoms with Crippen molar-refractivity contribution in [2.24, 2.45) is 0 Å². The molecule has 13 heavy (non-hydrogen) atoms. The zero-order chi connectivity index (χ0) is 9.42. The van der Waals surface area contributed by atoms with Crippen LogP contribution in [0.5, 0.6) is 0 Å². The van der Waals surface area contributed by atoms with Crippen LogP contribution >= 0.6 is 27.3 Å². The Hall–Kier alpha value is -0.920. The van der Waals surface area contributed by atoms with Gasteiger partial charge in [0.1, 0.15) is 5.82 Å². The molecule has 0 amide bonds. The Morgan fingerprint density at radius 3 is 2.92 bits per heavy atom. The van der Waals surface area contributed by atoms with Crippen molar-refractivity contribution in [1.29, 1.82) is 5.26 Å². The van der Waals surface area contributed by atoms with Crippen LogP contribution in [0.2, 0.25) is 0 Å². The van der Waals surface area contributed by atoms with Crippen LogP contribution in [0.4, 0.5) is 4.39 Å². The molecule has 0 N–H and O–H groups in total. The number of rotatable bonds is 0. The van der Waals surface area contributed by atoms with Crippen molar-refractivity contribution in [3.05, 3.63) is 33.4 Å². The van der Waals surface area contributed by atoms with Crippen LogP contribution in [0.15, 0.2) is 22.0 Å². The van der Waals surface area contributed by atoms with Crippen molar-refractivity contribution in [2.75, 3.05) is 0 Å². The smallest absolute Gasteiger partial charge is 0.142 e. The van der Waals surface area contributed by atoms with Gasteiger partial charge in [0.15, 0.2) is 0 Å². The number of hydrogen-bond acceptors (Lipinski definition) is 2. The molecule has 0 aliphatic carbocycles. The first-order chi connectivity index (χ1) is 6.22. The third-order valence-electron chi connectivity index (χ3n) is 1.71. The molecule has 0 saturated heterocycles. The second-order valence-electron chi connectivity index (χ2n) is 2.53. The summed E-state index contributed by atoms with van der Waals surface area (Å²) in [5.74, 6) is -0.329. The van der Waals surface area contributed by atoms with E-state index in [-0.39, 0.29) is 5.82 Å². The number of nitrogens with zero attached hydrogens (tertiary/aromatic N) is 1. The van der Waals surface area contributed by atoms with Gasteiger partial charge in [0.25, 0.3) is 0 Å². The number of halogens is 2. The minimum Gasteiger partial charge on any atom is -0.205 e. The average molecular weight is 256 g/mol. The summed E-state index contributed by atoms with van der Waals surface area (Å²) >= 11 is 4.63. The Morgan fingerprint density at radius 1 is 1.46 bits per heavy atom. The van der Waals surface area contributed by atoms with Gasteiger partial charge in [0.2, 0.25) is 0 Å². The predicted octanol–water partition coefficient (Wildman–Crippen LogP) is 3.67. The molecule has 1 heterocycles. The molecule has 4 heteroatoms. The van der Waals surface area contributed by atoms with Gasteiger partial charge in [0, 0.05) is 15.2 Å². The molecule has 0 bridgehead atoms. The summed E-state index contributed by atoms with van der Waals surface area (Å²) < 4.78 is 14.7. The Bertz CT molecular complexity index is 512. The maximum atomic E-state index is 13.3. The van der Waals surface area contributed by atoms with Crippen molar-refractivity contribution in [1.82, 2.24) is 0 Å². The monoisotopic (exact) mass is 255 g/mol. The van der Waals surface area contributed by atoms with Crippen LogP contribution < -0.4 is 0 Å². The Morgan fingerprint density at radius 2 is 2.23 bits per heavy atom. The van der Waals surface area contributed by atoms with Crippen molar-refractivity contribution in [2.45, 2.75) is 0 Å². The fraction of sp³-hybridized carbons (Fsp3) is 0. The van der Waals surface area contributed by atoms with Crippen molar-refractivity contribution in [3.8, 4) is 6.07 Å². The van der Waals surface area contributed by atoms with E-state index in [0.717, 1.165) is 9.86 Å². The van der Waals surface area contributed by atoms with E-state index in [2.05, 4.69) is 15.9 Å². The van der Waals surface area contributed by atoms with Gasteiger partial charge >= 0.3 is 0 Å². The first-order valence-corrected chi connectivity index (χ1v) is 5.16. The highest BCUT2D eigenvalue weighted by molar-refractivity contribution is 9.10. The Kier molecular flexibility index (Phi) is 2.06. The molecular formula is C9H3BrFNS. The quantitative estimate of drug-likeness (QED) is 0.705. The van der Waals surface area contributed by atoms with E-state index in [1.807, 2.05) is 11.4 Å². The molecule has 1 aromatic heterocycles. The lowest BCUT2D eigenvalue weighted by Crippen LogP contribution is -1.78. The lowest BCUT2D eigenvalue weighted by molar-refractivity contribution is 0.641. The summed E-state index contributed by atoms with van der Waals surface area (Å²) in [4.78, 5) is 0.